The zero-order valence-corrected chi connectivity index (χ0v) is 11.3. The Labute approximate surface area is 114 Å². The van der Waals surface area contributed by atoms with Crippen LogP contribution in [0.1, 0.15) is 16.8 Å². The van der Waals surface area contributed by atoms with Gasteiger partial charge in [0.05, 0.1) is 10.6 Å². The van der Waals surface area contributed by atoms with Crippen LogP contribution in [0.2, 0.25) is 0 Å². The van der Waals surface area contributed by atoms with Gasteiger partial charge in [-0.15, -0.1) is 0 Å². The number of pyridine rings is 1. The third kappa shape index (κ3) is 3.91. The first-order valence-corrected chi connectivity index (χ1v) is 6.22. The van der Waals surface area contributed by atoms with Crippen molar-refractivity contribution < 1.29 is 4.92 Å². The molecule has 1 rings (SSSR count). The molecule has 0 unspecified atom stereocenters. The molecule has 0 saturated carbocycles. The number of thioether (sulfide) groups is 1. The lowest BCUT2D eigenvalue weighted by Gasteiger charge is -2.06. The van der Waals surface area contributed by atoms with E-state index in [1.54, 1.807) is 13.8 Å². The number of hydrogen-bond acceptors (Lipinski definition) is 5. The van der Waals surface area contributed by atoms with Crippen molar-refractivity contribution in [2.45, 2.75) is 19.6 Å². The molecule has 0 atom stereocenters. The van der Waals surface area contributed by atoms with Gasteiger partial charge in [-0.2, -0.15) is 4.99 Å². The highest BCUT2D eigenvalue weighted by Gasteiger charge is 2.18. The van der Waals surface area contributed by atoms with Crippen LogP contribution in [0.15, 0.2) is 11.2 Å². The summed E-state index contributed by atoms with van der Waals surface area (Å²) in [5.41, 5.74) is 11.9. The normalized spacial score (nSPS) is 10.0. The second-order valence-electron chi connectivity index (χ2n) is 3.75. The number of nitrogens with two attached hydrogens (primary N) is 2. The lowest BCUT2D eigenvalue weighted by molar-refractivity contribution is -0.386. The van der Waals surface area contributed by atoms with Gasteiger partial charge >= 0.3 is 0 Å². The number of aromatic nitrogens is 1. The molecule has 102 valence electrons. The van der Waals surface area contributed by atoms with E-state index >= 15 is 0 Å². The minimum absolute atomic E-state index is 0.0546. The summed E-state index contributed by atoms with van der Waals surface area (Å²) in [7, 11) is 0. The Hall–Kier alpha value is -2.16. The summed E-state index contributed by atoms with van der Waals surface area (Å²) in [6.45, 7) is 3.27. The minimum Gasteiger partial charge on any atom is -0.370 e. The second-order valence-corrected chi connectivity index (χ2v) is 4.71. The van der Waals surface area contributed by atoms with E-state index in [4.69, 9.17) is 16.9 Å². The Kier molecular flexibility index (Phi) is 4.81. The number of nitro groups is 1. The van der Waals surface area contributed by atoms with Gasteiger partial charge in [0, 0.05) is 23.1 Å². The monoisotopic (exact) mass is 282 g/mol. The van der Waals surface area contributed by atoms with E-state index in [0.29, 0.717) is 22.6 Å². The minimum atomic E-state index is -0.429. The van der Waals surface area contributed by atoms with Crippen molar-refractivity contribution in [1.29, 1.82) is 5.41 Å². The molecule has 0 amide bonds. The second kappa shape index (κ2) is 6.14. The number of aryl methyl sites for hydroxylation is 1. The maximum absolute atomic E-state index is 11.0. The molecule has 0 aliphatic heterocycles. The zero-order valence-electron chi connectivity index (χ0n) is 10.5. The fourth-order valence-corrected chi connectivity index (χ4v) is 2.21. The maximum Gasteiger partial charge on any atom is 0.278 e. The van der Waals surface area contributed by atoms with Crippen LogP contribution in [-0.2, 0) is 5.75 Å². The predicted molar refractivity (Wildman–Crippen MR) is 75.2 cm³/mol. The van der Waals surface area contributed by atoms with Crippen molar-refractivity contribution >= 4 is 28.6 Å². The lowest BCUT2D eigenvalue weighted by Crippen LogP contribution is -2.23. The predicted octanol–water partition coefficient (Wildman–Crippen LogP) is 1.05. The van der Waals surface area contributed by atoms with Crippen LogP contribution in [0.4, 0.5) is 5.69 Å². The molecule has 0 aromatic carbocycles. The Balaban J connectivity index is 2.92. The third-order valence-electron chi connectivity index (χ3n) is 2.33. The smallest absolute Gasteiger partial charge is 0.278 e. The fraction of sp³-hybridized carbons (Fsp3) is 0.300. The van der Waals surface area contributed by atoms with E-state index in [0.717, 1.165) is 11.8 Å². The van der Waals surface area contributed by atoms with Gasteiger partial charge in [-0.25, -0.2) is 0 Å². The summed E-state index contributed by atoms with van der Waals surface area (Å²) in [4.78, 5) is 18.2. The number of guanidine groups is 1. The molecule has 0 spiro atoms. The van der Waals surface area contributed by atoms with Gasteiger partial charge in [-0.3, -0.25) is 20.5 Å². The quantitative estimate of drug-likeness (QED) is 0.327. The van der Waals surface area contributed by atoms with Crippen molar-refractivity contribution in [3.63, 3.8) is 0 Å². The number of rotatable bonds is 3. The molecule has 0 fully saturated rings. The number of hydrogen-bond donors (Lipinski definition) is 3. The highest BCUT2D eigenvalue weighted by molar-refractivity contribution is 8.13. The Morgan fingerprint density at radius 1 is 1.58 bits per heavy atom. The van der Waals surface area contributed by atoms with E-state index in [1.807, 2.05) is 0 Å². The Bertz CT molecular complexity index is 553. The fourth-order valence-electron chi connectivity index (χ4n) is 1.48. The molecular weight excluding hydrogens is 268 g/mol. The summed E-state index contributed by atoms with van der Waals surface area (Å²) in [5, 5.41) is 18.4. The van der Waals surface area contributed by atoms with E-state index in [2.05, 4.69) is 9.98 Å². The van der Waals surface area contributed by atoms with Gasteiger partial charge < -0.3 is 11.5 Å². The molecule has 0 saturated heterocycles. The van der Waals surface area contributed by atoms with Crippen LogP contribution in [0.5, 0.6) is 0 Å². The summed E-state index contributed by atoms with van der Waals surface area (Å²) in [6, 6.07) is 0. The highest BCUT2D eigenvalue weighted by Crippen LogP contribution is 2.26. The molecule has 1 heterocycles. The van der Waals surface area contributed by atoms with Crippen LogP contribution >= 0.6 is 11.8 Å². The average Bonchev–Trinajstić information content (AvgIpc) is 2.26. The first-order valence-electron chi connectivity index (χ1n) is 5.23. The van der Waals surface area contributed by atoms with Gasteiger partial charge in [0.15, 0.2) is 11.1 Å². The molecule has 0 aliphatic rings. The molecule has 19 heavy (non-hydrogen) atoms. The summed E-state index contributed by atoms with van der Waals surface area (Å²) in [6.07, 6.45) is 1.45. The summed E-state index contributed by atoms with van der Waals surface area (Å²) >= 11 is 1.05. The van der Waals surface area contributed by atoms with Crippen LogP contribution in [0.3, 0.4) is 0 Å². The summed E-state index contributed by atoms with van der Waals surface area (Å²) < 4.78 is 0. The lowest BCUT2D eigenvalue weighted by atomic mass is 10.1. The van der Waals surface area contributed by atoms with Crippen LogP contribution < -0.4 is 11.5 Å². The van der Waals surface area contributed by atoms with Crippen molar-refractivity contribution in [3.05, 3.63) is 33.1 Å². The molecule has 0 radical (unpaired) electrons. The molecule has 9 heteroatoms. The highest BCUT2D eigenvalue weighted by atomic mass is 32.2. The number of nitrogens with one attached hydrogen (secondary N) is 1. The molecule has 1 aromatic rings. The molecule has 8 nitrogen and oxygen atoms in total. The third-order valence-corrected chi connectivity index (χ3v) is 3.12. The Morgan fingerprint density at radius 2 is 2.21 bits per heavy atom. The first kappa shape index (κ1) is 14.9. The summed E-state index contributed by atoms with van der Waals surface area (Å²) in [5.74, 6) is 0.0971. The zero-order chi connectivity index (χ0) is 14.6. The van der Waals surface area contributed by atoms with E-state index < -0.39 is 4.92 Å². The van der Waals surface area contributed by atoms with Crippen LogP contribution in [-0.4, -0.2) is 21.0 Å². The standard InChI is InChI=1S/C10H14N6O2S/c1-5-3-14-7(6(2)8(5)16(17)18)4-19-10(13)15-9(11)12/h3H,4H2,1-2H3,(H5,11,12,13,15). The maximum atomic E-state index is 11.0. The van der Waals surface area contributed by atoms with Crippen molar-refractivity contribution in [1.82, 2.24) is 4.98 Å². The number of amidine groups is 1. The first-order chi connectivity index (χ1) is 8.82. The van der Waals surface area contributed by atoms with Crippen molar-refractivity contribution in [3.8, 4) is 0 Å². The van der Waals surface area contributed by atoms with E-state index in [9.17, 15) is 10.1 Å². The number of nitrogens with zero attached hydrogens (tertiary/aromatic N) is 3. The van der Waals surface area contributed by atoms with Gasteiger partial charge in [0.25, 0.3) is 5.69 Å². The molecular formula is C10H14N6O2S. The van der Waals surface area contributed by atoms with Gasteiger partial charge in [-0.1, -0.05) is 11.8 Å². The largest absolute Gasteiger partial charge is 0.370 e. The average molecular weight is 282 g/mol. The van der Waals surface area contributed by atoms with Gasteiger partial charge in [-0.05, 0) is 13.8 Å². The topological polar surface area (TPSA) is 144 Å². The van der Waals surface area contributed by atoms with E-state index in [-0.39, 0.29) is 16.8 Å². The van der Waals surface area contributed by atoms with Crippen molar-refractivity contribution in [2.24, 2.45) is 16.5 Å². The molecule has 0 aliphatic carbocycles. The molecule has 1 aromatic heterocycles. The van der Waals surface area contributed by atoms with E-state index in [1.165, 1.54) is 6.20 Å². The van der Waals surface area contributed by atoms with Gasteiger partial charge in [0.1, 0.15) is 0 Å². The molecule has 0 bridgehead atoms. The number of aliphatic imine (C=N–C) groups is 1. The van der Waals surface area contributed by atoms with Crippen LogP contribution in [0.25, 0.3) is 0 Å². The SMILES string of the molecule is Cc1cnc(CSC(=N)N=C(N)N)c(C)c1[N+](=O)[O-]. The Morgan fingerprint density at radius 3 is 2.74 bits per heavy atom. The molecule has 5 N–H and O–H groups in total. The van der Waals surface area contributed by atoms with Crippen LogP contribution in [0, 0.1) is 29.4 Å². The van der Waals surface area contributed by atoms with Crippen molar-refractivity contribution in [2.75, 3.05) is 0 Å². The van der Waals surface area contributed by atoms with Gasteiger partial charge in [0.2, 0.25) is 0 Å².